The van der Waals surface area contributed by atoms with Gasteiger partial charge in [0.1, 0.15) is 58.7 Å². The number of aliphatic hydroxyl groups is 4. The molecule has 1 saturated heterocycles. The molecular formula is C19H20O11. The van der Waals surface area contributed by atoms with E-state index in [-0.39, 0.29) is 5.56 Å². The second-order valence-electron chi connectivity index (χ2n) is 6.72. The van der Waals surface area contributed by atoms with Gasteiger partial charge in [0.25, 0.3) is 0 Å². The maximum atomic E-state index is 12.9. The van der Waals surface area contributed by atoms with Crippen molar-refractivity contribution in [3.05, 3.63) is 41.5 Å². The molecule has 1 fully saturated rings. The number of phenols is 4. The normalized spacial score (nSPS) is 26.3. The van der Waals surface area contributed by atoms with Gasteiger partial charge in [-0.2, -0.15) is 0 Å². The molecule has 5 atom stereocenters. The molecule has 0 bridgehead atoms. The van der Waals surface area contributed by atoms with Crippen molar-refractivity contribution in [3.8, 4) is 28.7 Å². The maximum absolute atomic E-state index is 12.9. The van der Waals surface area contributed by atoms with E-state index in [1.807, 2.05) is 0 Å². The van der Waals surface area contributed by atoms with Crippen LogP contribution in [0.25, 0.3) is 0 Å². The minimum absolute atomic E-state index is 0.229. The minimum atomic E-state index is -1.81. The van der Waals surface area contributed by atoms with Crippen LogP contribution in [0.15, 0.2) is 30.3 Å². The van der Waals surface area contributed by atoms with Crippen LogP contribution >= 0.6 is 0 Å². The molecule has 1 aliphatic heterocycles. The van der Waals surface area contributed by atoms with E-state index in [0.717, 1.165) is 30.3 Å². The van der Waals surface area contributed by atoms with Gasteiger partial charge < -0.3 is 50.3 Å². The zero-order valence-electron chi connectivity index (χ0n) is 15.3. The average molecular weight is 424 g/mol. The fraction of sp³-hybridized carbons (Fsp3) is 0.316. The van der Waals surface area contributed by atoms with Crippen LogP contribution in [0.1, 0.15) is 15.9 Å². The number of carbonyl (C=O) groups excluding carboxylic acids is 1. The Kier molecular flexibility index (Phi) is 6.01. The average Bonchev–Trinajstić information content (AvgIpc) is 2.67. The van der Waals surface area contributed by atoms with Gasteiger partial charge in [-0.05, 0) is 12.1 Å². The molecule has 8 N–H and O–H groups in total. The van der Waals surface area contributed by atoms with Crippen molar-refractivity contribution in [2.75, 3.05) is 6.61 Å². The molecule has 2 aromatic carbocycles. The highest BCUT2D eigenvalue weighted by Crippen LogP contribution is 2.37. The van der Waals surface area contributed by atoms with Crippen molar-refractivity contribution in [3.63, 3.8) is 0 Å². The molecule has 2 aromatic rings. The Morgan fingerprint density at radius 3 is 2.07 bits per heavy atom. The van der Waals surface area contributed by atoms with Crippen LogP contribution in [-0.4, -0.2) is 83.9 Å². The molecule has 3 rings (SSSR count). The predicted molar refractivity (Wildman–Crippen MR) is 97.4 cm³/mol. The van der Waals surface area contributed by atoms with E-state index in [4.69, 9.17) is 9.47 Å². The SMILES string of the molecule is O=C(c1cc(O)cc(O)c1)c1c(O)cc(O)cc1O[C@@H]1O[C@H](CO)[C@@H](O)[C@H](O)[C@H]1O. The number of benzene rings is 2. The first-order chi connectivity index (χ1) is 14.1. The molecule has 11 heteroatoms. The van der Waals surface area contributed by atoms with Gasteiger partial charge in [-0.25, -0.2) is 0 Å². The van der Waals surface area contributed by atoms with Crippen molar-refractivity contribution in [1.82, 2.24) is 0 Å². The first kappa shape index (κ1) is 21.6. The zero-order chi connectivity index (χ0) is 22.2. The summed E-state index contributed by atoms with van der Waals surface area (Å²) in [6, 6.07) is 4.80. The smallest absolute Gasteiger partial charge is 0.229 e. The summed E-state index contributed by atoms with van der Waals surface area (Å²) in [4.78, 5) is 12.9. The van der Waals surface area contributed by atoms with Crippen molar-refractivity contribution in [2.24, 2.45) is 0 Å². The lowest BCUT2D eigenvalue weighted by molar-refractivity contribution is -0.277. The van der Waals surface area contributed by atoms with E-state index in [1.165, 1.54) is 0 Å². The van der Waals surface area contributed by atoms with Crippen LogP contribution in [-0.2, 0) is 4.74 Å². The largest absolute Gasteiger partial charge is 0.508 e. The molecule has 0 saturated carbocycles. The van der Waals surface area contributed by atoms with Crippen molar-refractivity contribution in [1.29, 1.82) is 0 Å². The first-order valence-electron chi connectivity index (χ1n) is 8.73. The Morgan fingerprint density at radius 1 is 0.867 bits per heavy atom. The standard InChI is InChI=1S/C19H20O11/c20-6-13-16(26)17(27)18(28)19(30-13)29-12-5-10(23)4-11(24)14(12)15(25)7-1-8(21)3-9(22)2-7/h1-5,13,16-24,26-28H,6H2/t13-,16-,17+,18-,19-/m1/s1. The van der Waals surface area contributed by atoms with Gasteiger partial charge in [0, 0.05) is 23.8 Å². The summed E-state index contributed by atoms with van der Waals surface area (Å²) in [6.45, 7) is -0.718. The number of aliphatic hydroxyl groups excluding tert-OH is 4. The molecule has 1 heterocycles. The second kappa shape index (κ2) is 8.34. The molecule has 0 aliphatic carbocycles. The van der Waals surface area contributed by atoms with Crippen LogP contribution in [0.2, 0.25) is 0 Å². The third kappa shape index (κ3) is 4.10. The van der Waals surface area contributed by atoms with Gasteiger partial charge in [0.05, 0.1) is 6.61 Å². The zero-order valence-corrected chi connectivity index (χ0v) is 15.3. The number of hydrogen-bond acceptors (Lipinski definition) is 11. The summed E-state index contributed by atoms with van der Waals surface area (Å²) in [7, 11) is 0. The third-order valence-corrected chi connectivity index (χ3v) is 4.55. The highest BCUT2D eigenvalue weighted by Gasteiger charge is 2.45. The van der Waals surface area contributed by atoms with Crippen LogP contribution in [0.5, 0.6) is 28.7 Å². The van der Waals surface area contributed by atoms with Crippen LogP contribution < -0.4 is 4.74 Å². The van der Waals surface area contributed by atoms with E-state index in [9.17, 15) is 45.6 Å². The van der Waals surface area contributed by atoms with Crippen LogP contribution in [0.4, 0.5) is 0 Å². The molecule has 0 spiro atoms. The molecule has 11 nitrogen and oxygen atoms in total. The van der Waals surface area contributed by atoms with Crippen LogP contribution in [0.3, 0.4) is 0 Å². The van der Waals surface area contributed by atoms with E-state index in [1.54, 1.807) is 0 Å². The summed E-state index contributed by atoms with van der Waals surface area (Å²) < 4.78 is 10.6. The lowest BCUT2D eigenvalue weighted by Gasteiger charge is -2.39. The van der Waals surface area contributed by atoms with E-state index in [2.05, 4.69) is 0 Å². The Morgan fingerprint density at radius 2 is 1.47 bits per heavy atom. The Bertz CT molecular complexity index is 922. The van der Waals surface area contributed by atoms with Gasteiger partial charge in [-0.15, -0.1) is 0 Å². The Hall–Kier alpha value is -3.09. The Balaban J connectivity index is 2.00. The highest BCUT2D eigenvalue weighted by molar-refractivity contribution is 6.13. The van der Waals surface area contributed by atoms with Gasteiger partial charge in [-0.3, -0.25) is 4.79 Å². The molecule has 162 valence electrons. The molecule has 1 aliphatic rings. The predicted octanol–water partition coefficient (Wildman–Crippen LogP) is -1.08. The number of ketones is 1. The fourth-order valence-electron chi connectivity index (χ4n) is 3.07. The summed E-state index contributed by atoms with van der Waals surface area (Å²) >= 11 is 0. The van der Waals surface area contributed by atoms with Gasteiger partial charge in [0.2, 0.25) is 12.1 Å². The minimum Gasteiger partial charge on any atom is -0.508 e. The number of ether oxygens (including phenoxy) is 2. The van der Waals surface area contributed by atoms with E-state index >= 15 is 0 Å². The molecule has 0 aromatic heterocycles. The summed E-state index contributed by atoms with van der Waals surface area (Å²) in [6.07, 6.45) is -8.18. The van der Waals surface area contributed by atoms with Crippen LogP contribution in [0, 0.1) is 0 Å². The quantitative estimate of drug-likeness (QED) is 0.272. The second-order valence-corrected chi connectivity index (χ2v) is 6.72. The van der Waals surface area contributed by atoms with Gasteiger partial charge in [0.15, 0.2) is 0 Å². The number of carbonyl (C=O) groups is 1. The number of aromatic hydroxyl groups is 4. The summed E-state index contributed by atoms with van der Waals surface area (Å²) in [5, 5.41) is 78.3. The third-order valence-electron chi connectivity index (χ3n) is 4.55. The Labute approximate surface area is 169 Å². The molecule has 30 heavy (non-hydrogen) atoms. The maximum Gasteiger partial charge on any atom is 0.229 e. The van der Waals surface area contributed by atoms with Crippen molar-refractivity contribution >= 4 is 5.78 Å². The monoisotopic (exact) mass is 424 g/mol. The summed E-state index contributed by atoms with van der Waals surface area (Å²) in [5.74, 6) is -3.46. The first-order valence-corrected chi connectivity index (χ1v) is 8.73. The lowest BCUT2D eigenvalue weighted by atomic mass is 9.98. The molecule has 0 unspecified atom stereocenters. The highest BCUT2D eigenvalue weighted by atomic mass is 16.7. The van der Waals surface area contributed by atoms with Gasteiger partial charge >= 0.3 is 0 Å². The van der Waals surface area contributed by atoms with Crippen molar-refractivity contribution in [2.45, 2.75) is 30.7 Å². The van der Waals surface area contributed by atoms with E-state index < -0.39 is 77.4 Å². The van der Waals surface area contributed by atoms with Crippen molar-refractivity contribution < 1.29 is 55.1 Å². The molecule has 0 amide bonds. The van der Waals surface area contributed by atoms with Gasteiger partial charge in [-0.1, -0.05) is 0 Å². The molecule has 0 radical (unpaired) electrons. The topological polar surface area (TPSA) is 197 Å². The lowest BCUT2D eigenvalue weighted by Crippen LogP contribution is -2.60. The molecular weight excluding hydrogens is 404 g/mol. The van der Waals surface area contributed by atoms with E-state index in [0.29, 0.717) is 0 Å². The number of hydrogen-bond donors (Lipinski definition) is 8. The fourth-order valence-corrected chi connectivity index (χ4v) is 3.07. The summed E-state index contributed by atoms with van der Waals surface area (Å²) in [5.41, 5.74) is -0.734. The number of phenolic OH excluding ortho intramolecular Hbond substituents is 4. The number of rotatable bonds is 5.